The summed E-state index contributed by atoms with van der Waals surface area (Å²) in [7, 11) is 0. The quantitative estimate of drug-likeness (QED) is 0.479. The van der Waals surface area contributed by atoms with Gasteiger partial charge in [0.1, 0.15) is 0 Å². The van der Waals surface area contributed by atoms with E-state index in [4.69, 9.17) is 1.37 Å². The topological polar surface area (TPSA) is 0 Å². The molecule has 2 atom stereocenters. The number of rotatable bonds is 0. The third-order valence-corrected chi connectivity index (χ3v) is 3.38. The van der Waals surface area contributed by atoms with Crippen LogP contribution in [-0.2, 0) is 0 Å². The maximum absolute atomic E-state index is 8.10. The molecule has 0 nitrogen and oxygen atoms in total. The molecular formula is C10H14. The molecular weight excluding hydrogens is 120 g/mol. The van der Waals surface area contributed by atoms with E-state index >= 15 is 0 Å². The van der Waals surface area contributed by atoms with E-state index in [9.17, 15) is 0 Å². The lowest BCUT2D eigenvalue weighted by atomic mass is 9.56. The normalized spacial score (nSPS) is 66.4. The second-order valence-electron chi connectivity index (χ2n) is 4.29. The van der Waals surface area contributed by atoms with Crippen LogP contribution >= 0.6 is 0 Å². The first-order valence-corrected chi connectivity index (χ1v) is 4.51. The molecule has 0 N–H and O–H groups in total. The van der Waals surface area contributed by atoms with Crippen LogP contribution in [0.3, 0.4) is 0 Å². The van der Waals surface area contributed by atoms with Crippen LogP contribution in [0.1, 0.15) is 33.5 Å². The minimum absolute atomic E-state index is 0.200. The summed E-state index contributed by atoms with van der Waals surface area (Å²) in [6.07, 6.45) is 9.85. The molecule has 10 heavy (non-hydrogen) atoms. The van der Waals surface area contributed by atoms with Crippen molar-refractivity contribution in [2.75, 3.05) is 0 Å². The van der Waals surface area contributed by atoms with Crippen LogP contribution < -0.4 is 0 Å². The van der Waals surface area contributed by atoms with Crippen molar-refractivity contribution in [2.24, 2.45) is 23.6 Å². The lowest BCUT2D eigenvalue weighted by Gasteiger charge is -2.49. The average molecular weight is 135 g/mol. The van der Waals surface area contributed by atoms with E-state index in [1.165, 1.54) is 19.3 Å². The maximum Gasteiger partial charge on any atom is 0.0309 e. The molecule has 4 bridgehead atoms. The van der Waals surface area contributed by atoms with E-state index in [1.807, 2.05) is 0 Å². The van der Waals surface area contributed by atoms with E-state index in [0.717, 1.165) is 24.7 Å². The number of hydrogen-bond acceptors (Lipinski definition) is 0. The summed E-state index contributed by atoms with van der Waals surface area (Å²) in [5.41, 5.74) is 0. The molecule has 4 aliphatic carbocycles. The molecule has 0 aromatic carbocycles. The van der Waals surface area contributed by atoms with Crippen molar-refractivity contribution >= 4 is 0 Å². The first-order chi connectivity index (χ1) is 5.23. The Balaban J connectivity index is 1.94. The standard InChI is InChI=1S/C10H14/c1-7-2-9-4-8(1)5-10(3-7)6-9/h7-10H,1-5H2/i9D. The Morgan fingerprint density at radius 3 is 2.20 bits per heavy atom. The Kier molecular flexibility index (Phi) is 0.852. The van der Waals surface area contributed by atoms with Crippen molar-refractivity contribution in [1.82, 2.24) is 0 Å². The lowest BCUT2D eigenvalue weighted by Crippen LogP contribution is -2.38. The molecule has 0 heteroatoms. The Hall–Kier alpha value is 0. The molecule has 4 saturated carbocycles. The largest absolute Gasteiger partial charge is 0.0475 e. The van der Waals surface area contributed by atoms with E-state index in [-0.39, 0.29) is 5.89 Å². The van der Waals surface area contributed by atoms with Crippen LogP contribution in [0.5, 0.6) is 0 Å². The predicted molar refractivity (Wildman–Crippen MR) is 40.3 cm³/mol. The van der Waals surface area contributed by atoms with Crippen LogP contribution in [-0.4, -0.2) is 0 Å². The second-order valence-corrected chi connectivity index (χ2v) is 4.29. The molecule has 0 saturated heterocycles. The monoisotopic (exact) mass is 135 g/mol. The molecule has 2 radical (unpaired) electrons. The Morgan fingerprint density at radius 2 is 1.70 bits per heavy atom. The molecule has 0 spiro atoms. The van der Waals surface area contributed by atoms with Crippen LogP contribution in [0, 0.1) is 30.1 Å². The van der Waals surface area contributed by atoms with Gasteiger partial charge >= 0.3 is 0 Å². The van der Waals surface area contributed by atoms with E-state index in [2.05, 4.69) is 6.42 Å². The Morgan fingerprint density at radius 1 is 1.00 bits per heavy atom. The Labute approximate surface area is 64.4 Å². The number of hydrogen-bond donors (Lipinski definition) is 0. The summed E-state index contributed by atoms with van der Waals surface area (Å²) in [5, 5.41) is 0. The summed E-state index contributed by atoms with van der Waals surface area (Å²) in [5.74, 6) is 2.30. The van der Waals surface area contributed by atoms with Crippen LogP contribution in [0.15, 0.2) is 0 Å². The van der Waals surface area contributed by atoms with Gasteiger partial charge in [0.15, 0.2) is 0 Å². The fourth-order valence-electron chi connectivity index (χ4n) is 3.20. The highest BCUT2D eigenvalue weighted by atomic mass is 14.5. The second kappa shape index (κ2) is 1.78. The average Bonchev–Trinajstić information content (AvgIpc) is 1.79. The molecule has 0 aromatic rings. The predicted octanol–water partition coefficient (Wildman–Crippen LogP) is 2.52. The van der Waals surface area contributed by atoms with Gasteiger partial charge in [0, 0.05) is 1.37 Å². The van der Waals surface area contributed by atoms with Crippen LogP contribution in [0.2, 0.25) is 0 Å². The van der Waals surface area contributed by atoms with Gasteiger partial charge in [0.2, 0.25) is 0 Å². The summed E-state index contributed by atoms with van der Waals surface area (Å²) in [6, 6.07) is 0. The molecule has 0 heterocycles. The van der Waals surface area contributed by atoms with Gasteiger partial charge < -0.3 is 0 Å². The van der Waals surface area contributed by atoms with E-state index in [0.29, 0.717) is 5.92 Å². The maximum atomic E-state index is 8.10. The summed E-state index contributed by atoms with van der Waals surface area (Å²) < 4.78 is 8.10. The zero-order chi connectivity index (χ0) is 7.47. The third-order valence-electron chi connectivity index (χ3n) is 3.38. The highest BCUT2D eigenvalue weighted by Crippen LogP contribution is 2.52. The fourth-order valence-corrected chi connectivity index (χ4v) is 3.20. The van der Waals surface area contributed by atoms with Crippen molar-refractivity contribution in [3.8, 4) is 0 Å². The summed E-state index contributed by atoms with van der Waals surface area (Å²) >= 11 is 0. The van der Waals surface area contributed by atoms with Crippen molar-refractivity contribution in [2.45, 2.75) is 32.1 Å². The van der Waals surface area contributed by atoms with Crippen LogP contribution in [0.4, 0.5) is 0 Å². The van der Waals surface area contributed by atoms with Gasteiger partial charge in [-0.05, 0) is 62.2 Å². The summed E-state index contributed by atoms with van der Waals surface area (Å²) in [4.78, 5) is 0. The van der Waals surface area contributed by atoms with Crippen molar-refractivity contribution < 1.29 is 1.37 Å². The van der Waals surface area contributed by atoms with Gasteiger partial charge in [-0.15, -0.1) is 0 Å². The van der Waals surface area contributed by atoms with Gasteiger partial charge in [-0.25, -0.2) is 0 Å². The molecule has 0 aromatic heterocycles. The zero-order valence-electron chi connectivity index (χ0n) is 7.27. The van der Waals surface area contributed by atoms with Gasteiger partial charge in [-0.3, -0.25) is 0 Å². The van der Waals surface area contributed by atoms with Crippen molar-refractivity contribution in [3.63, 3.8) is 0 Å². The molecule has 4 aliphatic rings. The van der Waals surface area contributed by atoms with Gasteiger partial charge in [0.05, 0.1) is 0 Å². The molecule has 2 unspecified atom stereocenters. The first kappa shape index (κ1) is 4.79. The molecule has 4 rings (SSSR count). The molecule has 0 amide bonds. The lowest BCUT2D eigenvalue weighted by molar-refractivity contribution is 0.0649. The fraction of sp³-hybridized carbons (Fsp3) is 0.900. The van der Waals surface area contributed by atoms with Crippen molar-refractivity contribution in [1.29, 1.82) is 0 Å². The SMILES string of the molecule is [2H]C12[C]C3CC(CC(C3)C1)C2. The van der Waals surface area contributed by atoms with Gasteiger partial charge in [-0.1, -0.05) is 0 Å². The molecule has 0 aliphatic heterocycles. The highest BCUT2D eigenvalue weighted by molar-refractivity contribution is 5.02. The highest BCUT2D eigenvalue weighted by Gasteiger charge is 2.42. The van der Waals surface area contributed by atoms with Crippen molar-refractivity contribution in [3.05, 3.63) is 6.42 Å². The van der Waals surface area contributed by atoms with E-state index in [1.54, 1.807) is 0 Å². The van der Waals surface area contributed by atoms with E-state index < -0.39 is 0 Å². The molecule has 4 fully saturated rings. The third kappa shape index (κ3) is 0.681. The van der Waals surface area contributed by atoms with Crippen LogP contribution in [0.25, 0.3) is 0 Å². The summed E-state index contributed by atoms with van der Waals surface area (Å²) in [6.45, 7) is 0. The zero-order valence-corrected chi connectivity index (χ0v) is 6.27. The van der Waals surface area contributed by atoms with Gasteiger partial charge in [0.25, 0.3) is 0 Å². The first-order valence-electron chi connectivity index (χ1n) is 5.01. The van der Waals surface area contributed by atoms with Gasteiger partial charge in [-0.2, -0.15) is 0 Å². The Bertz CT molecular complexity index is 150. The molecule has 54 valence electrons. The minimum atomic E-state index is -0.200. The smallest absolute Gasteiger partial charge is 0.0309 e. The minimum Gasteiger partial charge on any atom is -0.0475 e.